The monoisotopic (exact) mass is 261 g/mol. The maximum atomic E-state index is 12.0. The molecule has 3 rings (SSSR count). The highest BCUT2D eigenvalue weighted by Gasteiger charge is 2.19. The summed E-state index contributed by atoms with van der Waals surface area (Å²) in [5.41, 5.74) is 2.61. The van der Waals surface area contributed by atoms with Crippen LogP contribution in [0.5, 0.6) is 11.5 Å². The number of phenolic OH excluding ortho intramolecular Hbond substituents is 2. The van der Waals surface area contributed by atoms with Crippen molar-refractivity contribution in [3.63, 3.8) is 0 Å². The predicted octanol–water partition coefficient (Wildman–Crippen LogP) is 1.89. The maximum Gasteiger partial charge on any atom is 0.125 e. The van der Waals surface area contributed by atoms with E-state index in [2.05, 4.69) is 4.72 Å². The molecule has 5 heteroatoms. The van der Waals surface area contributed by atoms with Gasteiger partial charge < -0.3 is 10.2 Å². The molecule has 1 aliphatic rings. The Morgan fingerprint density at radius 1 is 1.00 bits per heavy atom. The standard InChI is InChI=1S/C13H11NO3S/c15-9-1-3-11-8(5-9)7-14-18(17)13-6-10(16)2-4-12(11)13/h1-6,14-16H,7H2. The molecule has 0 radical (unpaired) electrons. The Morgan fingerprint density at radius 3 is 2.44 bits per heavy atom. The quantitative estimate of drug-likeness (QED) is 0.678. The summed E-state index contributed by atoms with van der Waals surface area (Å²) in [6, 6.07) is 9.86. The van der Waals surface area contributed by atoms with E-state index in [0.717, 1.165) is 16.7 Å². The third-order valence-corrected chi connectivity index (χ3v) is 4.08. The van der Waals surface area contributed by atoms with Crippen molar-refractivity contribution in [2.24, 2.45) is 0 Å². The molecule has 18 heavy (non-hydrogen) atoms. The molecule has 0 bridgehead atoms. The Balaban J connectivity index is 2.30. The van der Waals surface area contributed by atoms with Crippen LogP contribution in [0.3, 0.4) is 0 Å². The van der Waals surface area contributed by atoms with Crippen LogP contribution in [0.4, 0.5) is 0 Å². The molecule has 0 aliphatic carbocycles. The summed E-state index contributed by atoms with van der Waals surface area (Å²) in [4.78, 5) is 0.555. The summed E-state index contributed by atoms with van der Waals surface area (Å²) in [7, 11) is -1.37. The Kier molecular flexibility index (Phi) is 2.57. The second kappa shape index (κ2) is 4.12. The summed E-state index contributed by atoms with van der Waals surface area (Å²) in [5.74, 6) is 0.273. The highest BCUT2D eigenvalue weighted by Crippen LogP contribution is 2.35. The van der Waals surface area contributed by atoms with Gasteiger partial charge in [0.15, 0.2) is 0 Å². The molecule has 4 nitrogen and oxygen atoms in total. The lowest BCUT2D eigenvalue weighted by Crippen LogP contribution is -2.14. The molecular weight excluding hydrogens is 250 g/mol. The van der Waals surface area contributed by atoms with Gasteiger partial charge in [0.1, 0.15) is 22.5 Å². The van der Waals surface area contributed by atoms with Crippen LogP contribution in [-0.2, 0) is 17.5 Å². The fraction of sp³-hybridized carbons (Fsp3) is 0.0769. The van der Waals surface area contributed by atoms with E-state index in [-0.39, 0.29) is 11.5 Å². The SMILES string of the molecule is O=S1NCc2cc(O)ccc2-c2ccc(O)cc21. The van der Waals surface area contributed by atoms with Gasteiger partial charge in [0, 0.05) is 6.54 Å². The second-order valence-electron chi connectivity index (χ2n) is 4.11. The minimum absolute atomic E-state index is 0.0890. The zero-order valence-electron chi connectivity index (χ0n) is 9.38. The number of hydrogen-bond donors (Lipinski definition) is 3. The van der Waals surface area contributed by atoms with Crippen LogP contribution in [0, 0.1) is 0 Å². The first-order valence-electron chi connectivity index (χ1n) is 5.46. The summed E-state index contributed by atoms with van der Waals surface area (Å²) >= 11 is 0. The molecule has 1 unspecified atom stereocenters. The molecule has 1 aliphatic heterocycles. The van der Waals surface area contributed by atoms with Gasteiger partial charge in [-0.25, -0.2) is 8.93 Å². The number of aromatic hydroxyl groups is 2. The zero-order chi connectivity index (χ0) is 12.7. The number of rotatable bonds is 0. The van der Waals surface area contributed by atoms with Crippen LogP contribution in [0.25, 0.3) is 11.1 Å². The van der Waals surface area contributed by atoms with Gasteiger partial charge in [0.2, 0.25) is 0 Å². The topological polar surface area (TPSA) is 69.6 Å². The number of nitrogens with one attached hydrogen (secondary N) is 1. The smallest absolute Gasteiger partial charge is 0.125 e. The van der Waals surface area contributed by atoms with Gasteiger partial charge in [0.05, 0.1) is 4.90 Å². The third kappa shape index (κ3) is 1.77. The fourth-order valence-corrected chi connectivity index (χ4v) is 3.14. The molecule has 92 valence electrons. The minimum Gasteiger partial charge on any atom is -0.508 e. The third-order valence-electron chi connectivity index (χ3n) is 2.94. The van der Waals surface area contributed by atoms with Crippen LogP contribution in [0.1, 0.15) is 5.56 Å². The van der Waals surface area contributed by atoms with Crippen molar-refractivity contribution < 1.29 is 14.4 Å². The predicted molar refractivity (Wildman–Crippen MR) is 68.5 cm³/mol. The van der Waals surface area contributed by atoms with Crippen molar-refractivity contribution in [1.29, 1.82) is 0 Å². The van der Waals surface area contributed by atoms with E-state index in [0.29, 0.717) is 11.4 Å². The maximum absolute atomic E-state index is 12.0. The first kappa shape index (κ1) is 11.3. The average Bonchev–Trinajstić information content (AvgIpc) is 2.48. The molecule has 0 fully saturated rings. The molecule has 0 amide bonds. The second-order valence-corrected chi connectivity index (χ2v) is 5.38. The van der Waals surface area contributed by atoms with Gasteiger partial charge in [-0.3, -0.25) is 0 Å². The van der Waals surface area contributed by atoms with Crippen molar-refractivity contribution in [2.45, 2.75) is 11.4 Å². The Labute approximate surface area is 106 Å². The number of fused-ring (bicyclic) bond motifs is 3. The largest absolute Gasteiger partial charge is 0.508 e. The van der Waals surface area contributed by atoms with E-state index in [4.69, 9.17) is 0 Å². The first-order chi connectivity index (χ1) is 8.65. The van der Waals surface area contributed by atoms with Crippen LogP contribution >= 0.6 is 0 Å². The summed E-state index contributed by atoms with van der Waals surface area (Å²) in [5, 5.41) is 19.0. The highest BCUT2D eigenvalue weighted by atomic mass is 32.2. The molecule has 2 aromatic carbocycles. The zero-order valence-corrected chi connectivity index (χ0v) is 10.2. The summed E-state index contributed by atoms with van der Waals surface area (Å²) < 4.78 is 14.9. The van der Waals surface area contributed by atoms with Crippen molar-refractivity contribution in [3.05, 3.63) is 42.0 Å². The minimum atomic E-state index is -1.37. The summed E-state index contributed by atoms with van der Waals surface area (Å²) in [6.07, 6.45) is 0. The molecule has 0 saturated heterocycles. The van der Waals surface area contributed by atoms with Crippen molar-refractivity contribution in [2.75, 3.05) is 0 Å². The Bertz CT molecular complexity index is 655. The molecule has 3 N–H and O–H groups in total. The summed E-state index contributed by atoms with van der Waals surface area (Å²) in [6.45, 7) is 0.409. The molecule has 1 heterocycles. The molecule has 2 aromatic rings. The molecule has 0 spiro atoms. The Morgan fingerprint density at radius 2 is 1.67 bits per heavy atom. The van der Waals surface area contributed by atoms with Crippen LogP contribution in [0.15, 0.2) is 41.3 Å². The molecular formula is C13H11NO3S. The van der Waals surface area contributed by atoms with E-state index in [1.54, 1.807) is 30.3 Å². The molecule has 0 aromatic heterocycles. The van der Waals surface area contributed by atoms with Gasteiger partial charge >= 0.3 is 0 Å². The van der Waals surface area contributed by atoms with Gasteiger partial charge in [0.25, 0.3) is 0 Å². The number of hydrogen-bond acceptors (Lipinski definition) is 3. The van der Waals surface area contributed by atoms with Crippen molar-refractivity contribution >= 4 is 11.0 Å². The van der Waals surface area contributed by atoms with Crippen LogP contribution < -0.4 is 4.72 Å². The first-order valence-corrected chi connectivity index (χ1v) is 6.61. The van der Waals surface area contributed by atoms with Gasteiger partial charge in [-0.05, 0) is 47.0 Å². The fourth-order valence-electron chi connectivity index (χ4n) is 2.10. The van der Waals surface area contributed by atoms with E-state index in [1.807, 2.05) is 0 Å². The number of phenols is 2. The molecule has 0 saturated carbocycles. The van der Waals surface area contributed by atoms with E-state index >= 15 is 0 Å². The number of benzene rings is 2. The van der Waals surface area contributed by atoms with Gasteiger partial charge in [-0.1, -0.05) is 6.07 Å². The lowest BCUT2D eigenvalue weighted by atomic mass is 9.99. The van der Waals surface area contributed by atoms with Crippen molar-refractivity contribution in [1.82, 2.24) is 4.72 Å². The highest BCUT2D eigenvalue weighted by molar-refractivity contribution is 7.83. The van der Waals surface area contributed by atoms with E-state index < -0.39 is 11.0 Å². The molecule has 1 atom stereocenters. The average molecular weight is 261 g/mol. The lowest BCUT2D eigenvalue weighted by Gasteiger charge is -2.08. The van der Waals surface area contributed by atoms with E-state index in [9.17, 15) is 14.4 Å². The lowest BCUT2D eigenvalue weighted by molar-refractivity contribution is 0.473. The van der Waals surface area contributed by atoms with Crippen LogP contribution in [0.2, 0.25) is 0 Å². The van der Waals surface area contributed by atoms with Gasteiger partial charge in [-0.15, -0.1) is 0 Å². The Hall–Kier alpha value is -1.85. The van der Waals surface area contributed by atoms with Crippen molar-refractivity contribution in [3.8, 4) is 22.6 Å². The van der Waals surface area contributed by atoms with Crippen LogP contribution in [-0.4, -0.2) is 14.4 Å². The normalized spacial score (nSPS) is 17.7. The van der Waals surface area contributed by atoms with Gasteiger partial charge in [-0.2, -0.15) is 0 Å². The van der Waals surface area contributed by atoms with E-state index in [1.165, 1.54) is 6.07 Å².